The molecule has 0 radical (unpaired) electrons. The Hall–Kier alpha value is -0.680. The van der Waals surface area contributed by atoms with Gasteiger partial charge >= 0.3 is 0 Å². The molecule has 0 atom stereocenters. The summed E-state index contributed by atoms with van der Waals surface area (Å²) in [5.41, 5.74) is 0. The molecule has 1 N–H and O–H groups in total. The molecule has 1 heterocycles. The van der Waals surface area contributed by atoms with E-state index in [9.17, 15) is 0 Å². The zero-order valence-electron chi connectivity index (χ0n) is 13.1. The molecule has 0 spiro atoms. The molecule has 1 saturated carbocycles. The average molecular weight is 296 g/mol. The smallest absolute Gasteiger partial charge is 0.205 e. The summed E-state index contributed by atoms with van der Waals surface area (Å²) in [5, 5.41) is 14.0. The second-order valence-corrected chi connectivity index (χ2v) is 7.25. The van der Waals surface area contributed by atoms with Crippen LogP contribution in [-0.4, -0.2) is 34.2 Å². The van der Waals surface area contributed by atoms with Gasteiger partial charge in [-0.1, -0.05) is 44.9 Å². The van der Waals surface area contributed by atoms with Gasteiger partial charge in [0.25, 0.3) is 0 Å². The molecule has 1 aromatic rings. The second-order valence-electron chi connectivity index (χ2n) is 6.19. The molecular formula is C15H28N4S. The maximum Gasteiger partial charge on any atom is 0.205 e. The average Bonchev–Trinajstić information content (AvgIpc) is 3.06. The van der Waals surface area contributed by atoms with E-state index in [4.69, 9.17) is 0 Å². The van der Waals surface area contributed by atoms with E-state index in [1.54, 1.807) is 11.3 Å². The van der Waals surface area contributed by atoms with Gasteiger partial charge in [0.1, 0.15) is 5.01 Å². The Morgan fingerprint density at radius 3 is 2.70 bits per heavy atom. The Morgan fingerprint density at radius 2 is 2.05 bits per heavy atom. The first-order valence-corrected chi connectivity index (χ1v) is 8.81. The van der Waals surface area contributed by atoms with Crippen molar-refractivity contribution in [2.24, 2.45) is 5.92 Å². The van der Waals surface area contributed by atoms with Gasteiger partial charge in [0.15, 0.2) is 0 Å². The largest absolute Gasteiger partial charge is 0.360 e. The fraction of sp³-hybridized carbons (Fsp3) is 0.867. The number of hydrogen-bond acceptors (Lipinski definition) is 5. The second kappa shape index (κ2) is 7.93. The quantitative estimate of drug-likeness (QED) is 0.793. The van der Waals surface area contributed by atoms with Crippen molar-refractivity contribution in [2.75, 3.05) is 18.4 Å². The first-order chi connectivity index (χ1) is 9.69. The maximum absolute atomic E-state index is 4.35. The summed E-state index contributed by atoms with van der Waals surface area (Å²) in [6, 6.07) is 0.758. The lowest BCUT2D eigenvalue weighted by Gasteiger charge is -2.29. The lowest BCUT2D eigenvalue weighted by atomic mass is 10.1. The Kier molecular flexibility index (Phi) is 6.23. The first kappa shape index (κ1) is 15.7. The summed E-state index contributed by atoms with van der Waals surface area (Å²) in [4.78, 5) is 2.63. The van der Waals surface area contributed by atoms with E-state index in [-0.39, 0.29) is 0 Å². The summed E-state index contributed by atoms with van der Waals surface area (Å²) in [6.07, 6.45) is 6.60. The summed E-state index contributed by atoms with van der Waals surface area (Å²) >= 11 is 1.71. The van der Waals surface area contributed by atoms with E-state index in [1.807, 2.05) is 0 Å². The van der Waals surface area contributed by atoms with Crippen molar-refractivity contribution in [3.05, 3.63) is 5.01 Å². The van der Waals surface area contributed by atoms with Gasteiger partial charge in [0.2, 0.25) is 5.13 Å². The molecule has 0 saturated heterocycles. The zero-order chi connectivity index (χ0) is 14.4. The molecule has 1 fully saturated rings. The van der Waals surface area contributed by atoms with Crippen molar-refractivity contribution in [3.8, 4) is 0 Å². The molecule has 4 nitrogen and oxygen atoms in total. The third-order valence-corrected chi connectivity index (χ3v) is 4.64. The minimum Gasteiger partial charge on any atom is -0.360 e. The molecule has 2 rings (SSSR count). The van der Waals surface area contributed by atoms with E-state index in [0.717, 1.165) is 35.7 Å². The van der Waals surface area contributed by atoms with Crippen LogP contribution in [0.25, 0.3) is 0 Å². The van der Waals surface area contributed by atoms with Gasteiger partial charge in [-0.25, -0.2) is 0 Å². The van der Waals surface area contributed by atoms with Crippen molar-refractivity contribution in [3.63, 3.8) is 0 Å². The first-order valence-electron chi connectivity index (χ1n) is 7.99. The van der Waals surface area contributed by atoms with E-state index in [2.05, 4.69) is 41.2 Å². The van der Waals surface area contributed by atoms with Crippen molar-refractivity contribution in [1.82, 2.24) is 15.1 Å². The van der Waals surface area contributed by atoms with Crippen LogP contribution in [0.15, 0.2) is 0 Å². The van der Waals surface area contributed by atoms with Gasteiger partial charge in [-0.2, -0.15) is 0 Å². The van der Waals surface area contributed by atoms with Gasteiger partial charge < -0.3 is 5.32 Å². The van der Waals surface area contributed by atoms with Crippen LogP contribution in [0.1, 0.15) is 57.9 Å². The molecule has 114 valence electrons. The molecule has 0 unspecified atom stereocenters. The van der Waals surface area contributed by atoms with Crippen molar-refractivity contribution >= 4 is 16.5 Å². The fourth-order valence-electron chi connectivity index (χ4n) is 2.88. The minimum atomic E-state index is 0.709. The van der Waals surface area contributed by atoms with Crippen LogP contribution in [0, 0.1) is 5.92 Å². The monoisotopic (exact) mass is 296 g/mol. The highest BCUT2D eigenvalue weighted by Crippen LogP contribution is 2.27. The predicted octanol–water partition coefficient (Wildman–Crippen LogP) is 3.76. The van der Waals surface area contributed by atoms with Gasteiger partial charge in [-0.15, -0.1) is 10.2 Å². The van der Waals surface area contributed by atoms with E-state index in [1.165, 1.54) is 32.2 Å². The molecule has 0 aromatic carbocycles. The zero-order valence-corrected chi connectivity index (χ0v) is 13.9. The SMILES string of the molecule is CCCNc1nnc(CN(CC(C)C)C2CCCC2)s1. The van der Waals surface area contributed by atoms with Crippen LogP contribution in [0.5, 0.6) is 0 Å². The molecule has 20 heavy (non-hydrogen) atoms. The topological polar surface area (TPSA) is 41.1 Å². The lowest BCUT2D eigenvalue weighted by Crippen LogP contribution is -2.35. The molecule has 1 aliphatic rings. The third-order valence-electron chi connectivity index (χ3n) is 3.77. The van der Waals surface area contributed by atoms with Crippen molar-refractivity contribution in [2.45, 2.75) is 65.5 Å². The Labute approximate surface area is 127 Å². The van der Waals surface area contributed by atoms with Gasteiger partial charge in [0, 0.05) is 19.1 Å². The molecule has 5 heteroatoms. The van der Waals surface area contributed by atoms with Crippen LogP contribution in [0.2, 0.25) is 0 Å². The highest BCUT2D eigenvalue weighted by molar-refractivity contribution is 7.15. The van der Waals surface area contributed by atoms with Crippen LogP contribution in [0.4, 0.5) is 5.13 Å². The normalized spacial score (nSPS) is 16.4. The van der Waals surface area contributed by atoms with Crippen molar-refractivity contribution in [1.29, 1.82) is 0 Å². The molecule has 0 aliphatic heterocycles. The van der Waals surface area contributed by atoms with Crippen LogP contribution in [0.3, 0.4) is 0 Å². The molecule has 0 amide bonds. The number of aromatic nitrogens is 2. The Balaban J connectivity index is 1.93. The third kappa shape index (κ3) is 4.70. The number of nitrogens with zero attached hydrogens (tertiary/aromatic N) is 3. The van der Waals surface area contributed by atoms with Crippen LogP contribution < -0.4 is 5.32 Å². The summed E-state index contributed by atoms with van der Waals surface area (Å²) < 4.78 is 0. The molecular weight excluding hydrogens is 268 g/mol. The summed E-state index contributed by atoms with van der Waals surface area (Å²) in [5.74, 6) is 0.709. The fourth-order valence-corrected chi connectivity index (χ4v) is 3.67. The standard InChI is InChI=1S/C15H28N4S/c1-4-9-16-15-18-17-14(20-15)11-19(10-12(2)3)13-7-5-6-8-13/h12-13H,4-11H2,1-3H3,(H,16,18). The maximum atomic E-state index is 4.35. The van der Waals surface area contributed by atoms with E-state index < -0.39 is 0 Å². The highest BCUT2D eigenvalue weighted by atomic mass is 32.1. The minimum absolute atomic E-state index is 0.709. The highest BCUT2D eigenvalue weighted by Gasteiger charge is 2.24. The summed E-state index contributed by atoms with van der Waals surface area (Å²) in [6.45, 7) is 9.88. The predicted molar refractivity (Wildman–Crippen MR) is 86.2 cm³/mol. The molecule has 1 aliphatic carbocycles. The number of nitrogens with one attached hydrogen (secondary N) is 1. The lowest BCUT2D eigenvalue weighted by molar-refractivity contribution is 0.168. The van der Waals surface area contributed by atoms with E-state index >= 15 is 0 Å². The Morgan fingerprint density at radius 1 is 1.30 bits per heavy atom. The van der Waals surface area contributed by atoms with Crippen LogP contribution >= 0.6 is 11.3 Å². The summed E-state index contributed by atoms with van der Waals surface area (Å²) in [7, 11) is 0. The number of anilines is 1. The van der Waals surface area contributed by atoms with E-state index in [0.29, 0.717) is 5.92 Å². The molecule has 0 bridgehead atoms. The number of hydrogen-bond donors (Lipinski definition) is 1. The Bertz CT molecular complexity index is 385. The van der Waals surface area contributed by atoms with Crippen LogP contribution in [-0.2, 0) is 6.54 Å². The van der Waals surface area contributed by atoms with Crippen molar-refractivity contribution < 1.29 is 0 Å². The van der Waals surface area contributed by atoms with Gasteiger partial charge in [-0.05, 0) is 25.2 Å². The number of rotatable bonds is 8. The molecule has 1 aromatic heterocycles. The van der Waals surface area contributed by atoms with Gasteiger partial charge in [-0.3, -0.25) is 4.90 Å². The van der Waals surface area contributed by atoms with Gasteiger partial charge in [0.05, 0.1) is 6.54 Å².